The highest BCUT2D eigenvalue weighted by molar-refractivity contribution is 8.00. The van der Waals surface area contributed by atoms with Gasteiger partial charge in [0.15, 0.2) is 5.13 Å². The average molecular weight is 432 g/mol. The number of amides is 1. The molecule has 1 atom stereocenters. The lowest BCUT2D eigenvalue weighted by Gasteiger charge is -2.35. The molecule has 152 valence electrons. The number of anilines is 1. The Hall–Kier alpha value is -2.45. The number of hydrogen-bond acceptors (Lipinski definition) is 5. The molecule has 1 aliphatic heterocycles. The summed E-state index contributed by atoms with van der Waals surface area (Å²) in [5.74, 6) is 3.85. The van der Waals surface area contributed by atoms with Crippen LogP contribution in [0.25, 0.3) is 10.2 Å². The van der Waals surface area contributed by atoms with E-state index in [4.69, 9.17) is 0 Å². The maximum Gasteiger partial charge on any atom is 0.255 e. The van der Waals surface area contributed by atoms with Gasteiger partial charge in [-0.15, -0.1) is 0 Å². The topological polar surface area (TPSA) is 53.5 Å². The molecule has 2 aromatic carbocycles. The first-order valence-electron chi connectivity index (χ1n) is 9.43. The third-order valence-corrected chi connectivity index (χ3v) is 8.33. The number of aromatic nitrogens is 1. The number of carbonyl (C=O) groups excluding carboxylic acids is 1. The Bertz CT molecular complexity index is 1170. The number of halogens is 1. The lowest BCUT2D eigenvalue weighted by Crippen LogP contribution is -2.49. The highest BCUT2D eigenvalue weighted by Crippen LogP contribution is 2.30. The van der Waals surface area contributed by atoms with Crippen LogP contribution in [0.5, 0.6) is 0 Å². The standard InChI is InChI=1S/C21H22FN3O2S2/c1-3-29(2,27)19-7-5-4-6-16(19)20(26)24-10-12-25(13-11-24)21-23-17-9-8-15(22)14-18(17)28-21/h4-9,14H,2-3,10-13H2,1H3. The Morgan fingerprint density at radius 3 is 2.66 bits per heavy atom. The van der Waals surface area contributed by atoms with Crippen LogP contribution < -0.4 is 4.90 Å². The molecule has 0 bridgehead atoms. The molecule has 29 heavy (non-hydrogen) atoms. The molecule has 0 saturated carbocycles. The van der Waals surface area contributed by atoms with E-state index in [1.54, 1.807) is 35.2 Å². The van der Waals surface area contributed by atoms with E-state index < -0.39 is 9.52 Å². The van der Waals surface area contributed by atoms with Crippen LogP contribution in [0.4, 0.5) is 9.52 Å². The third-order valence-electron chi connectivity index (χ3n) is 5.16. The van der Waals surface area contributed by atoms with Crippen LogP contribution in [-0.2, 0) is 9.52 Å². The van der Waals surface area contributed by atoms with Crippen LogP contribution in [0.15, 0.2) is 47.4 Å². The molecule has 1 saturated heterocycles. The zero-order valence-corrected chi connectivity index (χ0v) is 17.8. The summed E-state index contributed by atoms with van der Waals surface area (Å²) >= 11 is 1.46. The molecule has 1 aromatic heterocycles. The lowest BCUT2D eigenvalue weighted by molar-refractivity contribution is 0.0743. The zero-order chi connectivity index (χ0) is 20.6. The molecule has 0 aliphatic carbocycles. The summed E-state index contributed by atoms with van der Waals surface area (Å²) in [7, 11) is -2.48. The lowest BCUT2D eigenvalue weighted by atomic mass is 10.2. The maximum atomic E-state index is 13.4. The first-order chi connectivity index (χ1) is 13.9. The maximum absolute atomic E-state index is 13.4. The van der Waals surface area contributed by atoms with Crippen molar-refractivity contribution in [2.45, 2.75) is 11.8 Å². The number of hydrogen-bond donors (Lipinski definition) is 0. The number of rotatable bonds is 4. The SMILES string of the molecule is C=S(=O)(CC)c1ccccc1C(=O)N1CCN(c2nc3ccc(F)cc3s2)CC1. The summed E-state index contributed by atoms with van der Waals surface area (Å²) in [6.45, 7) is 4.19. The van der Waals surface area contributed by atoms with Gasteiger partial charge < -0.3 is 9.80 Å². The smallest absolute Gasteiger partial charge is 0.255 e. The van der Waals surface area contributed by atoms with Crippen LogP contribution >= 0.6 is 11.3 Å². The molecule has 8 heteroatoms. The molecule has 2 heterocycles. The predicted molar refractivity (Wildman–Crippen MR) is 118 cm³/mol. The quantitative estimate of drug-likeness (QED) is 0.594. The molecule has 5 nitrogen and oxygen atoms in total. The summed E-state index contributed by atoms with van der Waals surface area (Å²) in [6, 6.07) is 11.6. The van der Waals surface area contributed by atoms with E-state index >= 15 is 0 Å². The van der Waals surface area contributed by atoms with Gasteiger partial charge in [0.25, 0.3) is 5.91 Å². The highest BCUT2D eigenvalue weighted by Gasteiger charge is 2.26. The Kier molecular flexibility index (Phi) is 5.31. The molecule has 1 aliphatic rings. The molecule has 4 rings (SSSR count). The van der Waals surface area contributed by atoms with Gasteiger partial charge in [0.2, 0.25) is 0 Å². The number of benzene rings is 2. The van der Waals surface area contributed by atoms with Crippen molar-refractivity contribution < 1.29 is 13.4 Å². The van der Waals surface area contributed by atoms with Gasteiger partial charge >= 0.3 is 0 Å². The second-order valence-electron chi connectivity index (χ2n) is 6.98. The van der Waals surface area contributed by atoms with Gasteiger partial charge in [-0.3, -0.25) is 9.00 Å². The van der Waals surface area contributed by atoms with Crippen molar-refractivity contribution in [3.05, 3.63) is 53.8 Å². The molecule has 1 amide bonds. The van der Waals surface area contributed by atoms with Crippen molar-refractivity contribution in [2.75, 3.05) is 36.8 Å². The second kappa shape index (κ2) is 7.76. The third kappa shape index (κ3) is 3.86. The summed E-state index contributed by atoms with van der Waals surface area (Å²) < 4.78 is 27.0. The van der Waals surface area contributed by atoms with Gasteiger partial charge in [0.05, 0.1) is 15.8 Å². The molecular formula is C21H22FN3O2S2. The van der Waals surface area contributed by atoms with Crippen LogP contribution in [0.1, 0.15) is 17.3 Å². The van der Waals surface area contributed by atoms with E-state index in [2.05, 4.69) is 15.8 Å². The number of thiazole rings is 1. The van der Waals surface area contributed by atoms with Crippen molar-refractivity contribution in [1.82, 2.24) is 9.88 Å². The summed E-state index contributed by atoms with van der Waals surface area (Å²) in [5, 5.41) is 0.838. The van der Waals surface area contributed by atoms with Gasteiger partial charge in [0, 0.05) is 36.8 Å². The van der Waals surface area contributed by atoms with E-state index in [0.29, 0.717) is 42.4 Å². The van der Waals surface area contributed by atoms with Crippen molar-refractivity contribution >= 4 is 48.0 Å². The minimum atomic E-state index is -2.48. The summed E-state index contributed by atoms with van der Waals surface area (Å²) in [6.07, 6.45) is 0. The summed E-state index contributed by atoms with van der Waals surface area (Å²) in [5.41, 5.74) is 1.25. The molecule has 0 N–H and O–H groups in total. The first kappa shape index (κ1) is 19.8. The Labute approximate surface area is 173 Å². The van der Waals surface area contributed by atoms with Gasteiger partial charge in [-0.2, -0.15) is 0 Å². The van der Waals surface area contributed by atoms with E-state index in [1.807, 2.05) is 6.92 Å². The molecule has 1 fully saturated rings. The summed E-state index contributed by atoms with van der Waals surface area (Å²) in [4.78, 5) is 22.1. The zero-order valence-electron chi connectivity index (χ0n) is 16.1. The molecular weight excluding hydrogens is 409 g/mol. The molecule has 3 aromatic rings. The van der Waals surface area contributed by atoms with E-state index in [1.165, 1.54) is 23.5 Å². The number of fused-ring (bicyclic) bond motifs is 1. The van der Waals surface area contributed by atoms with Crippen molar-refractivity contribution in [2.24, 2.45) is 0 Å². The minimum Gasteiger partial charge on any atom is -0.345 e. The molecule has 1 unspecified atom stereocenters. The highest BCUT2D eigenvalue weighted by atomic mass is 32.2. The molecule has 0 radical (unpaired) electrons. The van der Waals surface area contributed by atoms with Gasteiger partial charge in [-0.25, -0.2) is 9.37 Å². The average Bonchev–Trinajstić information content (AvgIpc) is 3.16. The largest absolute Gasteiger partial charge is 0.345 e. The fourth-order valence-electron chi connectivity index (χ4n) is 3.42. The second-order valence-corrected chi connectivity index (χ2v) is 10.6. The van der Waals surface area contributed by atoms with Gasteiger partial charge in [-0.05, 0) is 45.7 Å². The van der Waals surface area contributed by atoms with Crippen molar-refractivity contribution in [3.63, 3.8) is 0 Å². The van der Waals surface area contributed by atoms with Crippen LogP contribution in [0.3, 0.4) is 0 Å². The normalized spacial score (nSPS) is 16.8. The number of nitrogens with zero attached hydrogens (tertiary/aromatic N) is 3. The van der Waals surface area contributed by atoms with Crippen molar-refractivity contribution in [1.29, 1.82) is 0 Å². The fraction of sp³-hybridized carbons (Fsp3) is 0.286. The van der Waals surface area contributed by atoms with E-state index in [-0.39, 0.29) is 11.7 Å². The van der Waals surface area contributed by atoms with Crippen LogP contribution in [0, 0.1) is 5.82 Å². The number of carbonyl (C=O) groups is 1. The first-order valence-corrected chi connectivity index (χ1v) is 12.1. The molecule has 0 spiro atoms. The van der Waals surface area contributed by atoms with Crippen LogP contribution in [0.2, 0.25) is 0 Å². The van der Waals surface area contributed by atoms with E-state index in [0.717, 1.165) is 15.3 Å². The fourth-order valence-corrected chi connectivity index (χ4v) is 5.65. The Morgan fingerprint density at radius 2 is 1.93 bits per heavy atom. The Morgan fingerprint density at radius 1 is 1.21 bits per heavy atom. The minimum absolute atomic E-state index is 0.114. The van der Waals surface area contributed by atoms with E-state index in [9.17, 15) is 13.4 Å². The monoisotopic (exact) mass is 431 g/mol. The Balaban J connectivity index is 1.50. The van der Waals surface area contributed by atoms with Gasteiger partial charge in [0.1, 0.15) is 5.82 Å². The number of piperazine rings is 1. The van der Waals surface area contributed by atoms with Gasteiger partial charge in [-0.1, -0.05) is 30.4 Å². The predicted octanol–water partition coefficient (Wildman–Crippen LogP) is 3.49. The van der Waals surface area contributed by atoms with Crippen molar-refractivity contribution in [3.8, 4) is 0 Å². The van der Waals surface area contributed by atoms with Crippen LogP contribution in [-0.4, -0.2) is 57.8 Å².